The van der Waals surface area contributed by atoms with E-state index >= 15 is 0 Å². The van der Waals surface area contributed by atoms with E-state index in [1.54, 1.807) is 30.3 Å². The second kappa shape index (κ2) is 8.90. The van der Waals surface area contributed by atoms with E-state index in [9.17, 15) is 9.59 Å². The molecule has 1 aromatic rings. The standard InChI is InChI=1S/C7H6O3.C4H8O/c8-7(10-9)6-4-2-1-3-5-6;1-2-3-4-5/h1-5,9H;4H,2-3H2,1H3. The molecule has 0 unspecified atom stereocenters. The molecule has 0 amide bonds. The van der Waals surface area contributed by atoms with Crippen molar-refractivity contribution < 1.29 is 19.7 Å². The van der Waals surface area contributed by atoms with Gasteiger partial charge in [-0.2, -0.15) is 5.26 Å². The number of benzene rings is 1. The molecule has 0 aliphatic carbocycles. The first-order valence-electron chi connectivity index (χ1n) is 4.60. The number of aldehydes is 1. The van der Waals surface area contributed by atoms with E-state index in [1.165, 1.54) is 0 Å². The van der Waals surface area contributed by atoms with Gasteiger partial charge in [-0.05, 0) is 18.6 Å². The lowest BCUT2D eigenvalue weighted by Gasteiger charge is -1.92. The highest BCUT2D eigenvalue weighted by Gasteiger charge is 2.02. The summed E-state index contributed by atoms with van der Waals surface area (Å²) in [6.45, 7) is 1.98. The zero-order chi connectivity index (χ0) is 11.5. The molecule has 4 nitrogen and oxygen atoms in total. The highest BCUT2D eigenvalue weighted by Crippen LogP contribution is 1.98. The lowest BCUT2D eigenvalue weighted by atomic mass is 10.2. The van der Waals surface area contributed by atoms with E-state index in [2.05, 4.69) is 4.89 Å². The van der Waals surface area contributed by atoms with E-state index in [0.29, 0.717) is 12.0 Å². The van der Waals surface area contributed by atoms with Gasteiger partial charge in [0.1, 0.15) is 6.29 Å². The van der Waals surface area contributed by atoms with Crippen molar-refractivity contribution in [1.82, 2.24) is 0 Å². The zero-order valence-electron chi connectivity index (χ0n) is 8.55. The molecule has 0 radical (unpaired) electrons. The van der Waals surface area contributed by atoms with Crippen LogP contribution in [0.5, 0.6) is 0 Å². The van der Waals surface area contributed by atoms with Gasteiger partial charge in [0.2, 0.25) is 0 Å². The Morgan fingerprint density at radius 2 is 2.00 bits per heavy atom. The fourth-order valence-corrected chi connectivity index (χ4v) is 0.745. The van der Waals surface area contributed by atoms with Crippen LogP contribution in [0.4, 0.5) is 0 Å². The largest absolute Gasteiger partial charge is 0.372 e. The third kappa shape index (κ3) is 6.40. The summed E-state index contributed by atoms with van der Waals surface area (Å²) in [7, 11) is 0. The van der Waals surface area contributed by atoms with Gasteiger partial charge in [0.15, 0.2) is 0 Å². The first kappa shape index (κ1) is 13.3. The monoisotopic (exact) mass is 210 g/mol. The molecule has 1 N–H and O–H groups in total. The molecular formula is C11H14O4. The van der Waals surface area contributed by atoms with Gasteiger partial charge in [0.05, 0.1) is 5.56 Å². The molecule has 0 atom stereocenters. The smallest absolute Gasteiger partial charge is 0.303 e. The number of carbonyl (C=O) groups is 2. The predicted molar refractivity (Wildman–Crippen MR) is 55.5 cm³/mol. The van der Waals surface area contributed by atoms with Crippen LogP contribution in [-0.4, -0.2) is 17.5 Å². The molecule has 0 aliphatic heterocycles. The van der Waals surface area contributed by atoms with Crippen LogP contribution in [0.15, 0.2) is 30.3 Å². The second-order valence-corrected chi connectivity index (χ2v) is 2.70. The average molecular weight is 210 g/mol. The van der Waals surface area contributed by atoms with Crippen molar-refractivity contribution in [3.05, 3.63) is 35.9 Å². The number of rotatable bonds is 3. The lowest BCUT2D eigenvalue weighted by molar-refractivity contribution is -0.182. The van der Waals surface area contributed by atoms with E-state index in [4.69, 9.17) is 5.26 Å². The van der Waals surface area contributed by atoms with Crippen molar-refractivity contribution >= 4 is 12.3 Å². The summed E-state index contributed by atoms with van der Waals surface area (Å²) in [6.07, 6.45) is 2.61. The first-order chi connectivity index (χ1) is 7.26. The van der Waals surface area contributed by atoms with E-state index in [-0.39, 0.29) is 0 Å². The summed E-state index contributed by atoms with van der Waals surface area (Å²) < 4.78 is 0. The first-order valence-corrected chi connectivity index (χ1v) is 4.60. The highest BCUT2D eigenvalue weighted by molar-refractivity contribution is 5.88. The fourth-order valence-electron chi connectivity index (χ4n) is 0.745. The van der Waals surface area contributed by atoms with Crippen molar-refractivity contribution in [2.75, 3.05) is 0 Å². The molecule has 0 bridgehead atoms. The van der Waals surface area contributed by atoms with Crippen LogP contribution in [0.25, 0.3) is 0 Å². The van der Waals surface area contributed by atoms with Gasteiger partial charge in [-0.25, -0.2) is 4.79 Å². The van der Waals surface area contributed by atoms with Crippen LogP contribution >= 0.6 is 0 Å². The van der Waals surface area contributed by atoms with Gasteiger partial charge in [0.25, 0.3) is 0 Å². The van der Waals surface area contributed by atoms with Gasteiger partial charge < -0.3 is 4.79 Å². The van der Waals surface area contributed by atoms with Gasteiger partial charge in [0, 0.05) is 6.42 Å². The number of hydrogen-bond donors (Lipinski definition) is 1. The van der Waals surface area contributed by atoms with Crippen LogP contribution in [0.2, 0.25) is 0 Å². The Kier molecular flexibility index (Phi) is 7.90. The van der Waals surface area contributed by atoms with Crippen LogP contribution in [0, 0.1) is 0 Å². The van der Waals surface area contributed by atoms with Crippen LogP contribution in [0.1, 0.15) is 30.1 Å². The third-order valence-corrected chi connectivity index (χ3v) is 1.50. The maximum absolute atomic E-state index is 10.5. The molecule has 0 saturated heterocycles. The van der Waals surface area contributed by atoms with Crippen molar-refractivity contribution in [3.8, 4) is 0 Å². The van der Waals surface area contributed by atoms with Crippen LogP contribution in [-0.2, 0) is 9.68 Å². The van der Waals surface area contributed by atoms with Gasteiger partial charge in [-0.3, -0.25) is 4.89 Å². The van der Waals surface area contributed by atoms with Crippen molar-refractivity contribution in [2.45, 2.75) is 19.8 Å². The van der Waals surface area contributed by atoms with E-state index in [0.717, 1.165) is 12.7 Å². The molecule has 0 fully saturated rings. The summed E-state index contributed by atoms with van der Waals surface area (Å²) in [5.74, 6) is -0.736. The Hall–Kier alpha value is -1.68. The Bertz CT molecular complexity index is 282. The number of carbonyl (C=O) groups excluding carboxylic acids is 2. The molecule has 0 heterocycles. The Labute approximate surface area is 88.4 Å². The molecular weight excluding hydrogens is 196 g/mol. The van der Waals surface area contributed by atoms with Crippen molar-refractivity contribution in [3.63, 3.8) is 0 Å². The Balaban J connectivity index is 0.000000336. The number of hydrogen-bond acceptors (Lipinski definition) is 4. The maximum Gasteiger partial charge on any atom is 0.372 e. The van der Waals surface area contributed by atoms with E-state index in [1.807, 2.05) is 6.92 Å². The normalized spacial score (nSPS) is 8.40. The molecule has 0 aromatic heterocycles. The Morgan fingerprint density at radius 1 is 1.40 bits per heavy atom. The van der Waals surface area contributed by atoms with E-state index < -0.39 is 5.97 Å². The topological polar surface area (TPSA) is 63.6 Å². The molecule has 15 heavy (non-hydrogen) atoms. The van der Waals surface area contributed by atoms with Gasteiger partial charge in [-0.1, -0.05) is 25.1 Å². The predicted octanol–water partition coefficient (Wildman–Crippen LogP) is 2.30. The SMILES string of the molecule is CCCC=O.O=C(OO)c1ccccc1. The maximum atomic E-state index is 10.5. The highest BCUT2D eigenvalue weighted by atomic mass is 17.1. The summed E-state index contributed by atoms with van der Waals surface area (Å²) in [6, 6.07) is 8.25. The van der Waals surface area contributed by atoms with Crippen molar-refractivity contribution in [2.24, 2.45) is 0 Å². The van der Waals surface area contributed by atoms with Crippen molar-refractivity contribution in [1.29, 1.82) is 0 Å². The molecule has 1 rings (SSSR count). The lowest BCUT2D eigenvalue weighted by Crippen LogP contribution is -2.00. The van der Waals surface area contributed by atoms with Gasteiger partial charge in [-0.15, -0.1) is 0 Å². The summed E-state index contributed by atoms with van der Waals surface area (Å²) in [5.41, 5.74) is 0.338. The minimum absolute atomic E-state index is 0.338. The second-order valence-electron chi connectivity index (χ2n) is 2.70. The Morgan fingerprint density at radius 3 is 2.33 bits per heavy atom. The van der Waals surface area contributed by atoms with Crippen LogP contribution in [0.3, 0.4) is 0 Å². The zero-order valence-corrected chi connectivity index (χ0v) is 8.55. The van der Waals surface area contributed by atoms with Gasteiger partial charge >= 0.3 is 5.97 Å². The minimum atomic E-state index is -0.736. The summed E-state index contributed by atoms with van der Waals surface area (Å²) >= 11 is 0. The molecule has 0 aliphatic rings. The average Bonchev–Trinajstić information content (AvgIpc) is 2.31. The third-order valence-electron chi connectivity index (χ3n) is 1.50. The van der Waals surface area contributed by atoms with Crippen LogP contribution < -0.4 is 0 Å². The molecule has 0 spiro atoms. The number of unbranched alkanes of at least 4 members (excludes halogenated alkanes) is 1. The molecule has 4 heteroatoms. The minimum Gasteiger partial charge on any atom is -0.303 e. The summed E-state index contributed by atoms with van der Waals surface area (Å²) in [5, 5.41) is 7.94. The fraction of sp³-hybridized carbons (Fsp3) is 0.273. The molecule has 1 aromatic carbocycles. The molecule has 0 saturated carbocycles. The molecule has 82 valence electrons. The summed E-state index contributed by atoms with van der Waals surface area (Å²) in [4.78, 5) is 23.4. The quantitative estimate of drug-likeness (QED) is 0.472.